The first-order chi connectivity index (χ1) is 12.3. The van der Waals surface area contributed by atoms with E-state index in [2.05, 4.69) is 0 Å². The number of carboxylic acids is 1. The molecule has 2 saturated heterocycles. The number of carboxylic acid groups (broad SMARTS) is 1. The van der Waals surface area contributed by atoms with Crippen LogP contribution < -0.4 is 0 Å². The van der Waals surface area contributed by atoms with E-state index >= 15 is 0 Å². The van der Waals surface area contributed by atoms with Gasteiger partial charge in [-0.2, -0.15) is 0 Å². The molecule has 0 saturated carbocycles. The first kappa shape index (κ1) is 18.8. The average Bonchev–Trinajstić information content (AvgIpc) is 3.16. The molecule has 142 valence electrons. The molecule has 0 radical (unpaired) electrons. The number of hydrogen-bond acceptors (Lipinski definition) is 4. The van der Waals surface area contributed by atoms with Crippen LogP contribution in [0.4, 0.5) is 0 Å². The number of aliphatic carboxylic acids is 1. The van der Waals surface area contributed by atoms with E-state index in [4.69, 9.17) is 0 Å². The van der Waals surface area contributed by atoms with Crippen LogP contribution in [0, 0.1) is 11.3 Å². The molecular formula is C18H24N2O5S. The first-order valence-electron chi connectivity index (χ1n) is 8.81. The summed E-state index contributed by atoms with van der Waals surface area (Å²) in [6, 6.07) is 9.67. The van der Waals surface area contributed by atoms with E-state index in [9.17, 15) is 23.1 Å². The Bertz CT molecular complexity index is 795. The summed E-state index contributed by atoms with van der Waals surface area (Å²) in [5.74, 6) is -1.50. The van der Waals surface area contributed by atoms with Crippen molar-refractivity contribution in [3.05, 3.63) is 35.9 Å². The number of amides is 1. The number of sulfonamides is 1. The van der Waals surface area contributed by atoms with Crippen LogP contribution in [0.3, 0.4) is 0 Å². The zero-order valence-corrected chi connectivity index (χ0v) is 15.6. The molecule has 1 amide bonds. The molecule has 2 heterocycles. The summed E-state index contributed by atoms with van der Waals surface area (Å²) < 4.78 is 25.5. The number of carbonyl (C=O) groups is 2. The topological polar surface area (TPSA) is 95.0 Å². The fourth-order valence-electron chi connectivity index (χ4n) is 3.96. The molecular weight excluding hydrogens is 356 g/mol. The fraction of sp³-hybridized carbons (Fsp3) is 0.556. The van der Waals surface area contributed by atoms with Crippen molar-refractivity contribution in [1.29, 1.82) is 0 Å². The minimum absolute atomic E-state index is 0.0465. The van der Waals surface area contributed by atoms with E-state index in [0.717, 1.165) is 5.56 Å². The van der Waals surface area contributed by atoms with E-state index < -0.39 is 21.4 Å². The van der Waals surface area contributed by atoms with Gasteiger partial charge in [-0.25, -0.2) is 12.7 Å². The Kier molecular flexibility index (Phi) is 5.07. The molecule has 2 fully saturated rings. The summed E-state index contributed by atoms with van der Waals surface area (Å²) in [5, 5.41) is 9.78. The van der Waals surface area contributed by atoms with E-state index in [-0.39, 0.29) is 37.2 Å². The lowest BCUT2D eigenvalue weighted by molar-refractivity contribution is -0.149. The lowest BCUT2D eigenvalue weighted by atomic mass is 9.81. The highest BCUT2D eigenvalue weighted by molar-refractivity contribution is 7.89. The van der Waals surface area contributed by atoms with Gasteiger partial charge >= 0.3 is 5.97 Å². The van der Waals surface area contributed by atoms with E-state index in [1.807, 2.05) is 30.3 Å². The van der Waals surface area contributed by atoms with Crippen LogP contribution in [-0.4, -0.2) is 66.5 Å². The lowest BCUT2D eigenvalue weighted by Crippen LogP contribution is -2.43. The van der Waals surface area contributed by atoms with Crippen LogP contribution in [0.15, 0.2) is 30.3 Å². The molecule has 1 aromatic rings. The normalized spacial score (nSPS) is 26.0. The predicted molar refractivity (Wildman–Crippen MR) is 95.9 cm³/mol. The third kappa shape index (κ3) is 3.35. The van der Waals surface area contributed by atoms with Crippen LogP contribution in [0.25, 0.3) is 0 Å². The SMILES string of the molecule is CCS(=O)(=O)N1C[C@@H]2CN(C(=O)CCc3ccccc3)C[C@]2(C(=O)O)C1. The predicted octanol–water partition coefficient (Wildman–Crippen LogP) is 0.814. The van der Waals surface area contributed by atoms with Crippen LogP contribution in [0.2, 0.25) is 0 Å². The molecule has 26 heavy (non-hydrogen) atoms. The summed E-state index contributed by atoms with van der Waals surface area (Å²) >= 11 is 0. The van der Waals surface area contributed by atoms with Crippen molar-refractivity contribution in [3.63, 3.8) is 0 Å². The van der Waals surface area contributed by atoms with E-state index in [0.29, 0.717) is 19.4 Å². The molecule has 1 N–H and O–H groups in total. The highest BCUT2D eigenvalue weighted by Crippen LogP contribution is 2.44. The molecule has 3 rings (SSSR count). The van der Waals surface area contributed by atoms with Crippen LogP contribution >= 0.6 is 0 Å². The minimum atomic E-state index is -3.43. The van der Waals surface area contributed by atoms with Crippen molar-refractivity contribution in [3.8, 4) is 0 Å². The summed E-state index contributed by atoms with van der Waals surface area (Å²) in [4.78, 5) is 26.1. The Labute approximate surface area is 153 Å². The Balaban J connectivity index is 1.68. The van der Waals surface area contributed by atoms with Crippen LogP contribution in [-0.2, 0) is 26.0 Å². The van der Waals surface area contributed by atoms with E-state index in [1.54, 1.807) is 11.8 Å². The summed E-state index contributed by atoms with van der Waals surface area (Å²) in [5.41, 5.74) is -0.126. The smallest absolute Gasteiger partial charge is 0.313 e. The van der Waals surface area contributed by atoms with Crippen molar-refractivity contribution < 1.29 is 23.1 Å². The molecule has 1 aromatic carbocycles. The molecule has 0 bridgehead atoms. The summed E-state index contributed by atoms with van der Waals surface area (Å²) in [7, 11) is -3.43. The maximum atomic E-state index is 12.6. The zero-order chi connectivity index (χ0) is 18.9. The Hall–Kier alpha value is -1.93. The van der Waals surface area contributed by atoms with Gasteiger partial charge in [-0.05, 0) is 18.9 Å². The fourth-order valence-corrected chi connectivity index (χ4v) is 5.16. The molecule has 0 aromatic heterocycles. The quantitative estimate of drug-likeness (QED) is 0.788. The Morgan fingerprint density at radius 3 is 2.46 bits per heavy atom. The molecule has 2 atom stereocenters. The maximum Gasteiger partial charge on any atom is 0.313 e. The summed E-state index contributed by atoms with van der Waals surface area (Å²) in [6.45, 7) is 2.05. The monoisotopic (exact) mass is 380 g/mol. The Morgan fingerprint density at radius 2 is 1.88 bits per heavy atom. The molecule has 2 aliphatic rings. The highest BCUT2D eigenvalue weighted by Gasteiger charge is 2.60. The molecule has 7 nitrogen and oxygen atoms in total. The largest absolute Gasteiger partial charge is 0.481 e. The molecule has 8 heteroatoms. The Morgan fingerprint density at radius 1 is 1.19 bits per heavy atom. The van der Waals surface area contributed by atoms with Crippen LogP contribution in [0.1, 0.15) is 18.9 Å². The van der Waals surface area contributed by atoms with Crippen molar-refractivity contribution in [2.45, 2.75) is 19.8 Å². The van der Waals surface area contributed by atoms with Gasteiger partial charge in [0.25, 0.3) is 0 Å². The highest BCUT2D eigenvalue weighted by atomic mass is 32.2. The van der Waals surface area contributed by atoms with Crippen molar-refractivity contribution in [2.75, 3.05) is 31.9 Å². The molecule has 0 aliphatic carbocycles. The van der Waals surface area contributed by atoms with Gasteiger partial charge in [-0.3, -0.25) is 9.59 Å². The number of aryl methyl sites for hydroxylation is 1. The number of nitrogens with zero attached hydrogens (tertiary/aromatic N) is 2. The third-order valence-electron chi connectivity index (χ3n) is 5.58. The summed E-state index contributed by atoms with van der Waals surface area (Å²) in [6.07, 6.45) is 0.931. The third-order valence-corrected chi connectivity index (χ3v) is 7.38. The zero-order valence-electron chi connectivity index (χ0n) is 14.8. The lowest BCUT2D eigenvalue weighted by Gasteiger charge is -2.25. The van der Waals surface area contributed by atoms with Gasteiger partial charge in [-0.1, -0.05) is 30.3 Å². The molecule has 2 aliphatic heterocycles. The maximum absolute atomic E-state index is 12.6. The second-order valence-corrected chi connectivity index (χ2v) is 9.37. The van der Waals surface area contributed by atoms with Gasteiger partial charge in [0, 0.05) is 38.5 Å². The van der Waals surface area contributed by atoms with Gasteiger partial charge in [0.1, 0.15) is 5.41 Å². The van der Waals surface area contributed by atoms with Crippen molar-refractivity contribution in [2.24, 2.45) is 11.3 Å². The van der Waals surface area contributed by atoms with E-state index in [1.165, 1.54) is 4.31 Å². The van der Waals surface area contributed by atoms with Crippen molar-refractivity contribution in [1.82, 2.24) is 9.21 Å². The van der Waals surface area contributed by atoms with Gasteiger partial charge < -0.3 is 10.0 Å². The van der Waals surface area contributed by atoms with Gasteiger partial charge in [0.15, 0.2) is 0 Å². The standard InChI is InChI=1S/C18H24N2O5S/c1-2-26(24,25)20-11-15-10-19(12-18(15,13-20)17(22)23)16(21)9-8-14-6-4-3-5-7-14/h3-7,15H,2,8-13H2,1H3,(H,22,23)/t15-,18-/m0/s1. The second-order valence-electron chi connectivity index (χ2n) is 7.11. The number of fused-ring (bicyclic) bond motifs is 1. The molecule has 0 spiro atoms. The van der Waals surface area contributed by atoms with Gasteiger partial charge in [0.2, 0.25) is 15.9 Å². The number of rotatable bonds is 6. The van der Waals surface area contributed by atoms with Gasteiger partial charge in [0.05, 0.1) is 5.75 Å². The first-order valence-corrected chi connectivity index (χ1v) is 10.4. The number of hydrogen-bond donors (Lipinski definition) is 1. The molecule has 0 unspecified atom stereocenters. The minimum Gasteiger partial charge on any atom is -0.481 e. The second kappa shape index (κ2) is 7.00. The van der Waals surface area contributed by atoms with Crippen molar-refractivity contribution >= 4 is 21.9 Å². The number of benzene rings is 1. The number of carbonyl (C=O) groups excluding carboxylic acids is 1. The van der Waals surface area contributed by atoms with Crippen LogP contribution in [0.5, 0.6) is 0 Å². The average molecular weight is 380 g/mol. The van der Waals surface area contributed by atoms with Gasteiger partial charge in [-0.15, -0.1) is 0 Å². The number of likely N-dealkylation sites (tertiary alicyclic amines) is 1.